The van der Waals surface area contributed by atoms with Gasteiger partial charge in [0.1, 0.15) is 12.4 Å². The maximum absolute atomic E-state index is 12.9. The smallest absolute Gasteiger partial charge is 0.228 e. The molecule has 6 heteroatoms. The molecule has 2 heterocycles. The Balaban J connectivity index is 1.37. The third kappa shape index (κ3) is 4.25. The summed E-state index contributed by atoms with van der Waals surface area (Å²) in [5.74, 6) is 0.819. The SMILES string of the molecule is Cc1ccc2c(c1)OC[C@@H](CC(=O)Nc1nc3ccccc3s1)N2Cc1ccccc1. The molecule has 1 amide bonds. The maximum Gasteiger partial charge on any atom is 0.228 e. The van der Waals surface area contributed by atoms with Gasteiger partial charge in [0.25, 0.3) is 0 Å². The lowest BCUT2D eigenvalue weighted by molar-refractivity contribution is -0.116. The molecule has 5 rings (SSSR count). The highest BCUT2D eigenvalue weighted by molar-refractivity contribution is 7.22. The second-order valence-corrected chi connectivity index (χ2v) is 8.82. The summed E-state index contributed by atoms with van der Waals surface area (Å²) in [5.41, 5.74) is 4.29. The summed E-state index contributed by atoms with van der Waals surface area (Å²) in [6.45, 7) is 3.25. The Labute approximate surface area is 185 Å². The number of ether oxygens (including phenoxy) is 1. The van der Waals surface area contributed by atoms with Crippen molar-refractivity contribution >= 4 is 38.3 Å². The number of nitrogens with zero attached hydrogens (tertiary/aromatic N) is 2. The van der Waals surface area contributed by atoms with Crippen molar-refractivity contribution in [2.24, 2.45) is 0 Å². The first-order chi connectivity index (χ1) is 15.2. The van der Waals surface area contributed by atoms with Crippen molar-refractivity contribution in [1.29, 1.82) is 0 Å². The fourth-order valence-corrected chi connectivity index (χ4v) is 4.80. The van der Waals surface area contributed by atoms with Crippen molar-refractivity contribution < 1.29 is 9.53 Å². The van der Waals surface area contributed by atoms with Gasteiger partial charge in [0, 0.05) is 6.54 Å². The number of para-hydroxylation sites is 1. The number of aryl methyl sites for hydroxylation is 1. The standard InChI is InChI=1S/C25H23N3O2S/c1-17-11-12-21-22(13-17)30-16-19(28(21)15-18-7-3-2-4-8-18)14-24(29)27-25-26-20-9-5-6-10-23(20)31-25/h2-13,19H,14-16H2,1H3,(H,26,27,29)/t19-/m1/s1. The first-order valence-corrected chi connectivity index (χ1v) is 11.2. The number of thiazole rings is 1. The minimum absolute atomic E-state index is 0.0544. The van der Waals surface area contributed by atoms with Crippen LogP contribution in [0.1, 0.15) is 17.5 Å². The summed E-state index contributed by atoms with van der Waals surface area (Å²) in [6, 6.07) is 24.4. The van der Waals surface area contributed by atoms with E-state index in [9.17, 15) is 4.79 Å². The lowest BCUT2D eigenvalue weighted by atomic mass is 10.1. The predicted molar refractivity (Wildman–Crippen MR) is 126 cm³/mol. The van der Waals surface area contributed by atoms with Gasteiger partial charge in [0.05, 0.1) is 28.4 Å². The molecule has 1 aromatic heterocycles. The molecule has 0 saturated heterocycles. The molecule has 1 aliphatic rings. The van der Waals surface area contributed by atoms with Crippen molar-refractivity contribution in [2.45, 2.75) is 25.9 Å². The van der Waals surface area contributed by atoms with E-state index in [0.29, 0.717) is 18.2 Å². The van der Waals surface area contributed by atoms with Crippen LogP contribution in [0.25, 0.3) is 10.2 Å². The van der Waals surface area contributed by atoms with Crippen LogP contribution in [0.15, 0.2) is 72.8 Å². The largest absolute Gasteiger partial charge is 0.489 e. The Morgan fingerprint density at radius 1 is 1.13 bits per heavy atom. The van der Waals surface area contributed by atoms with E-state index in [1.807, 2.05) is 42.5 Å². The number of hydrogen-bond acceptors (Lipinski definition) is 5. The van der Waals surface area contributed by atoms with Gasteiger partial charge in [-0.05, 0) is 42.3 Å². The van der Waals surface area contributed by atoms with Crippen molar-refractivity contribution in [2.75, 3.05) is 16.8 Å². The number of fused-ring (bicyclic) bond motifs is 2. The summed E-state index contributed by atoms with van der Waals surface area (Å²) in [4.78, 5) is 19.7. The first-order valence-electron chi connectivity index (χ1n) is 10.4. The molecule has 5 nitrogen and oxygen atoms in total. The number of rotatable bonds is 5. The highest BCUT2D eigenvalue weighted by Crippen LogP contribution is 2.36. The lowest BCUT2D eigenvalue weighted by Gasteiger charge is -2.38. The molecule has 0 saturated carbocycles. The van der Waals surface area contributed by atoms with Crippen LogP contribution >= 0.6 is 11.3 Å². The number of amides is 1. The first kappa shape index (κ1) is 19.6. The molecular weight excluding hydrogens is 406 g/mol. The normalized spacial score (nSPS) is 15.4. The molecule has 31 heavy (non-hydrogen) atoms. The summed E-state index contributed by atoms with van der Waals surface area (Å²) in [7, 11) is 0. The quantitative estimate of drug-likeness (QED) is 0.461. The van der Waals surface area contributed by atoms with Gasteiger partial charge in [-0.25, -0.2) is 4.98 Å². The zero-order valence-corrected chi connectivity index (χ0v) is 18.1. The van der Waals surface area contributed by atoms with E-state index >= 15 is 0 Å². The van der Waals surface area contributed by atoms with Crippen molar-refractivity contribution in [3.63, 3.8) is 0 Å². The number of aromatic nitrogens is 1. The summed E-state index contributed by atoms with van der Waals surface area (Å²) in [6.07, 6.45) is 0.329. The van der Waals surface area contributed by atoms with Gasteiger partial charge in [0.2, 0.25) is 5.91 Å². The van der Waals surface area contributed by atoms with E-state index < -0.39 is 0 Å². The minimum atomic E-state index is -0.0650. The highest BCUT2D eigenvalue weighted by Gasteiger charge is 2.30. The lowest BCUT2D eigenvalue weighted by Crippen LogP contribution is -2.44. The van der Waals surface area contributed by atoms with Crippen LogP contribution in [0.3, 0.4) is 0 Å². The summed E-state index contributed by atoms with van der Waals surface area (Å²) in [5, 5.41) is 3.62. The molecule has 1 atom stereocenters. The Kier molecular flexibility index (Phi) is 5.30. The van der Waals surface area contributed by atoms with Gasteiger partial charge in [-0.2, -0.15) is 0 Å². The molecule has 0 unspecified atom stereocenters. The van der Waals surface area contributed by atoms with Crippen LogP contribution in [-0.4, -0.2) is 23.5 Å². The van der Waals surface area contributed by atoms with E-state index in [1.54, 1.807) is 0 Å². The number of hydrogen-bond donors (Lipinski definition) is 1. The summed E-state index contributed by atoms with van der Waals surface area (Å²) >= 11 is 1.49. The Morgan fingerprint density at radius 2 is 1.94 bits per heavy atom. The van der Waals surface area contributed by atoms with E-state index in [1.165, 1.54) is 16.9 Å². The zero-order valence-electron chi connectivity index (χ0n) is 17.2. The third-order valence-corrected chi connectivity index (χ3v) is 6.41. The van der Waals surface area contributed by atoms with Crippen molar-refractivity contribution in [3.8, 4) is 5.75 Å². The molecule has 0 bridgehead atoms. The third-order valence-electron chi connectivity index (χ3n) is 5.45. The molecule has 3 aromatic carbocycles. The summed E-state index contributed by atoms with van der Waals surface area (Å²) < 4.78 is 7.11. The molecule has 0 radical (unpaired) electrons. The number of carbonyl (C=O) groups excluding carboxylic acids is 1. The molecule has 1 aliphatic heterocycles. The van der Waals surface area contributed by atoms with E-state index in [4.69, 9.17) is 4.74 Å². The molecule has 0 fully saturated rings. The highest BCUT2D eigenvalue weighted by atomic mass is 32.1. The van der Waals surface area contributed by atoms with Crippen LogP contribution in [0.2, 0.25) is 0 Å². The number of carbonyl (C=O) groups is 1. The molecule has 1 N–H and O–H groups in total. The van der Waals surface area contributed by atoms with E-state index in [-0.39, 0.29) is 11.9 Å². The molecule has 4 aromatic rings. The predicted octanol–water partition coefficient (Wildman–Crippen LogP) is 5.40. The zero-order chi connectivity index (χ0) is 21.2. The number of benzene rings is 3. The Hall–Kier alpha value is -3.38. The van der Waals surface area contributed by atoms with E-state index in [2.05, 4.69) is 52.5 Å². The topological polar surface area (TPSA) is 54.5 Å². The monoisotopic (exact) mass is 429 g/mol. The van der Waals surface area contributed by atoms with Gasteiger partial charge in [0.15, 0.2) is 5.13 Å². The van der Waals surface area contributed by atoms with Crippen molar-refractivity contribution in [1.82, 2.24) is 4.98 Å². The van der Waals surface area contributed by atoms with Crippen LogP contribution < -0.4 is 15.0 Å². The van der Waals surface area contributed by atoms with Crippen LogP contribution in [0.5, 0.6) is 5.75 Å². The van der Waals surface area contributed by atoms with Gasteiger partial charge in [-0.3, -0.25) is 4.79 Å². The Bertz CT molecular complexity index is 1190. The van der Waals surface area contributed by atoms with Gasteiger partial charge < -0.3 is 15.0 Å². The van der Waals surface area contributed by atoms with Crippen molar-refractivity contribution in [3.05, 3.63) is 83.9 Å². The van der Waals surface area contributed by atoms with Gasteiger partial charge in [-0.1, -0.05) is 59.9 Å². The average molecular weight is 430 g/mol. The van der Waals surface area contributed by atoms with Gasteiger partial charge >= 0.3 is 0 Å². The second-order valence-electron chi connectivity index (χ2n) is 7.79. The number of anilines is 2. The molecular formula is C25H23N3O2S. The maximum atomic E-state index is 12.9. The fourth-order valence-electron chi connectivity index (χ4n) is 3.92. The average Bonchev–Trinajstić information content (AvgIpc) is 3.18. The molecule has 156 valence electrons. The van der Waals surface area contributed by atoms with Crippen LogP contribution in [-0.2, 0) is 11.3 Å². The molecule has 0 aliphatic carbocycles. The number of nitrogens with one attached hydrogen (secondary N) is 1. The molecule has 0 spiro atoms. The second kappa shape index (κ2) is 8.40. The van der Waals surface area contributed by atoms with Crippen LogP contribution in [0, 0.1) is 6.92 Å². The van der Waals surface area contributed by atoms with E-state index in [0.717, 1.165) is 33.8 Å². The fraction of sp³-hybridized carbons (Fsp3) is 0.200. The Morgan fingerprint density at radius 3 is 2.77 bits per heavy atom. The minimum Gasteiger partial charge on any atom is -0.489 e. The van der Waals surface area contributed by atoms with Gasteiger partial charge in [-0.15, -0.1) is 0 Å². The van der Waals surface area contributed by atoms with Crippen LogP contribution in [0.4, 0.5) is 10.8 Å².